The quantitative estimate of drug-likeness (QED) is 0.494. The Hall–Kier alpha value is -2.34. The molecule has 2 aromatic heterocycles. The highest BCUT2D eigenvalue weighted by Gasteiger charge is 2.35. The number of oxazole rings is 1. The average Bonchev–Trinajstić information content (AvgIpc) is 3.36. The molecular formula is C21H27N2O5P. The lowest BCUT2D eigenvalue weighted by atomic mass is 9.87. The third-order valence-electron chi connectivity index (χ3n) is 4.41. The van der Waals surface area contributed by atoms with E-state index in [0.717, 1.165) is 5.56 Å². The van der Waals surface area contributed by atoms with Gasteiger partial charge in [-0.1, -0.05) is 32.9 Å². The Morgan fingerprint density at radius 1 is 1.17 bits per heavy atom. The molecule has 2 heterocycles. The molecule has 0 saturated heterocycles. The van der Waals surface area contributed by atoms with Crippen molar-refractivity contribution in [2.75, 3.05) is 19.0 Å². The van der Waals surface area contributed by atoms with E-state index in [1.807, 2.05) is 30.3 Å². The van der Waals surface area contributed by atoms with E-state index in [1.54, 1.807) is 19.3 Å². The summed E-state index contributed by atoms with van der Waals surface area (Å²) in [7, 11) is -2.30. The molecule has 0 fully saturated rings. The normalized spacial score (nSPS) is 14.0. The molecular weight excluding hydrogens is 391 g/mol. The van der Waals surface area contributed by atoms with Gasteiger partial charge in [-0.05, 0) is 42.2 Å². The summed E-state index contributed by atoms with van der Waals surface area (Å²) in [5.41, 5.74) is 2.12. The molecule has 3 rings (SSSR count). The van der Waals surface area contributed by atoms with Gasteiger partial charge in [0.2, 0.25) is 17.2 Å². The smallest absolute Gasteiger partial charge is 0.384 e. The fraction of sp³-hybridized carbons (Fsp3) is 0.381. The van der Waals surface area contributed by atoms with Gasteiger partial charge >= 0.3 is 7.60 Å². The molecule has 1 atom stereocenters. The second-order valence-corrected chi connectivity index (χ2v) is 9.57. The van der Waals surface area contributed by atoms with Gasteiger partial charge in [0, 0.05) is 12.7 Å². The van der Waals surface area contributed by atoms with Crippen molar-refractivity contribution >= 4 is 18.9 Å². The van der Waals surface area contributed by atoms with Crippen LogP contribution in [0.4, 0.5) is 5.88 Å². The summed E-state index contributed by atoms with van der Waals surface area (Å²) in [4.78, 5) is 4.46. The van der Waals surface area contributed by atoms with E-state index in [4.69, 9.17) is 17.9 Å². The lowest BCUT2D eigenvalue weighted by Crippen LogP contribution is -2.15. The summed E-state index contributed by atoms with van der Waals surface area (Å²) in [5, 5.41) is 3.08. The Bertz CT molecular complexity index is 972. The van der Waals surface area contributed by atoms with Crippen LogP contribution in [0.5, 0.6) is 0 Å². The number of benzene rings is 1. The Kier molecular flexibility index (Phi) is 6.32. The van der Waals surface area contributed by atoms with Crippen LogP contribution in [0.1, 0.15) is 39.0 Å². The monoisotopic (exact) mass is 418 g/mol. The molecule has 7 nitrogen and oxygen atoms in total. The van der Waals surface area contributed by atoms with Crippen molar-refractivity contribution in [2.45, 2.75) is 39.7 Å². The van der Waals surface area contributed by atoms with E-state index in [-0.39, 0.29) is 23.3 Å². The first-order valence-electron chi connectivity index (χ1n) is 9.45. The minimum atomic E-state index is -3.63. The number of nitrogens with one attached hydrogen (secondary N) is 1. The number of anilines is 1. The first-order chi connectivity index (χ1) is 13.8. The van der Waals surface area contributed by atoms with Crippen LogP contribution in [0.2, 0.25) is 0 Å². The largest absolute Gasteiger partial charge is 0.467 e. The summed E-state index contributed by atoms with van der Waals surface area (Å²) in [6.07, 6.45) is 1.58. The zero-order valence-corrected chi connectivity index (χ0v) is 18.3. The van der Waals surface area contributed by atoms with Crippen molar-refractivity contribution in [2.24, 2.45) is 0 Å². The van der Waals surface area contributed by atoms with Crippen molar-refractivity contribution in [1.82, 2.24) is 4.98 Å². The molecule has 0 bridgehead atoms. The van der Waals surface area contributed by atoms with Crippen LogP contribution < -0.4 is 10.8 Å². The lowest BCUT2D eigenvalue weighted by Gasteiger charge is -2.18. The summed E-state index contributed by atoms with van der Waals surface area (Å²) in [6.45, 7) is 8.75. The van der Waals surface area contributed by atoms with Crippen LogP contribution in [0.25, 0.3) is 11.5 Å². The predicted molar refractivity (Wildman–Crippen MR) is 113 cm³/mol. The van der Waals surface area contributed by atoms with Crippen molar-refractivity contribution in [3.8, 4) is 11.5 Å². The molecule has 0 aliphatic carbocycles. The molecule has 0 spiro atoms. The van der Waals surface area contributed by atoms with E-state index in [2.05, 4.69) is 31.1 Å². The van der Waals surface area contributed by atoms with Gasteiger partial charge in [-0.15, -0.1) is 0 Å². The molecule has 0 aliphatic heterocycles. The average molecular weight is 418 g/mol. The molecule has 1 N–H and O–H groups in total. The van der Waals surface area contributed by atoms with Crippen LogP contribution >= 0.6 is 7.60 Å². The van der Waals surface area contributed by atoms with E-state index in [9.17, 15) is 4.57 Å². The topological polar surface area (TPSA) is 86.7 Å². The second kappa shape index (κ2) is 8.57. The fourth-order valence-corrected chi connectivity index (χ4v) is 4.13. The maximum atomic E-state index is 13.2. The first kappa shape index (κ1) is 21.4. The summed E-state index contributed by atoms with van der Waals surface area (Å²) in [6, 6.07) is 11.6. The van der Waals surface area contributed by atoms with Crippen LogP contribution in [0.15, 0.2) is 51.5 Å². The summed E-state index contributed by atoms with van der Waals surface area (Å²) >= 11 is 0. The van der Waals surface area contributed by atoms with Gasteiger partial charge < -0.3 is 23.2 Å². The van der Waals surface area contributed by atoms with Crippen LogP contribution in [0.3, 0.4) is 0 Å². The van der Waals surface area contributed by atoms with Gasteiger partial charge in [-0.25, -0.2) is 0 Å². The first-order valence-corrected chi connectivity index (χ1v) is 11.0. The zero-order valence-electron chi connectivity index (χ0n) is 17.4. The van der Waals surface area contributed by atoms with Crippen molar-refractivity contribution in [3.05, 3.63) is 54.0 Å². The maximum Gasteiger partial charge on any atom is 0.384 e. The highest BCUT2D eigenvalue weighted by molar-refractivity contribution is 7.62. The highest BCUT2D eigenvalue weighted by Crippen LogP contribution is 2.48. The van der Waals surface area contributed by atoms with Gasteiger partial charge in [0.05, 0.1) is 19.4 Å². The molecule has 0 amide bonds. The molecule has 0 radical (unpaired) electrons. The number of hydrogen-bond donors (Lipinski definition) is 1. The molecule has 1 aromatic carbocycles. The molecule has 0 saturated carbocycles. The zero-order chi connectivity index (χ0) is 21.1. The minimum Gasteiger partial charge on any atom is -0.467 e. The van der Waals surface area contributed by atoms with Gasteiger partial charge in [0.25, 0.3) is 0 Å². The third kappa shape index (κ3) is 4.81. The molecule has 156 valence electrons. The van der Waals surface area contributed by atoms with Gasteiger partial charge in [0.15, 0.2) is 0 Å². The van der Waals surface area contributed by atoms with Gasteiger partial charge in [0.1, 0.15) is 5.76 Å². The number of furan rings is 1. The van der Waals surface area contributed by atoms with Gasteiger partial charge in [-0.2, -0.15) is 4.98 Å². The van der Waals surface area contributed by atoms with E-state index in [0.29, 0.717) is 18.2 Å². The van der Waals surface area contributed by atoms with Crippen molar-refractivity contribution in [3.63, 3.8) is 0 Å². The van der Waals surface area contributed by atoms with E-state index < -0.39 is 7.60 Å². The van der Waals surface area contributed by atoms with Crippen LogP contribution in [0, 0.1) is 0 Å². The van der Waals surface area contributed by atoms with Gasteiger partial charge in [-0.3, -0.25) is 4.57 Å². The predicted octanol–water partition coefficient (Wildman–Crippen LogP) is 5.35. The lowest BCUT2D eigenvalue weighted by molar-refractivity contribution is 0.254. The Morgan fingerprint density at radius 2 is 1.90 bits per heavy atom. The standard InChI is InChI=1S/C21H27N2O5P/c1-6-27-29(24,25-5)20-19(22-14-17-8-7-13-26-17)28-18(23-20)15-9-11-16(12-10-15)21(2,3)4/h7-13,22H,6,14H2,1-5H3/t29-/m1/s1. The molecule has 0 unspecified atom stereocenters. The van der Waals surface area contributed by atoms with E-state index in [1.165, 1.54) is 12.7 Å². The minimum absolute atomic E-state index is 0.0385. The fourth-order valence-electron chi connectivity index (χ4n) is 2.80. The number of hydrogen-bond acceptors (Lipinski definition) is 7. The second-order valence-electron chi connectivity index (χ2n) is 7.53. The maximum absolute atomic E-state index is 13.2. The summed E-state index contributed by atoms with van der Waals surface area (Å²) in [5.74, 6) is 1.27. The van der Waals surface area contributed by atoms with Crippen LogP contribution in [-0.2, 0) is 25.6 Å². The van der Waals surface area contributed by atoms with E-state index >= 15 is 0 Å². The molecule has 29 heavy (non-hydrogen) atoms. The molecule has 8 heteroatoms. The number of nitrogens with zero attached hydrogens (tertiary/aromatic N) is 1. The number of rotatable bonds is 8. The van der Waals surface area contributed by atoms with Crippen molar-refractivity contribution < 1.29 is 22.4 Å². The Labute approximate surface area is 171 Å². The molecule has 0 aliphatic rings. The van der Waals surface area contributed by atoms with Crippen molar-refractivity contribution in [1.29, 1.82) is 0 Å². The SMILES string of the molecule is CCO[P@](=O)(OC)c1nc(-c2ccc(C(C)(C)C)cc2)oc1NCc1ccco1. The Balaban J connectivity index is 1.98. The molecule has 3 aromatic rings. The third-order valence-corrected chi connectivity index (χ3v) is 6.31. The highest BCUT2D eigenvalue weighted by atomic mass is 31.2. The number of aromatic nitrogens is 1. The Morgan fingerprint density at radius 3 is 2.45 bits per heavy atom. The summed E-state index contributed by atoms with van der Waals surface area (Å²) < 4.78 is 35.0. The van der Waals surface area contributed by atoms with Crippen LogP contribution in [-0.4, -0.2) is 18.7 Å².